The molecule has 35 heavy (non-hydrogen) atoms. The number of para-hydroxylation sites is 2. The number of benzene rings is 2. The Morgan fingerprint density at radius 2 is 1.77 bits per heavy atom. The van der Waals surface area contributed by atoms with Crippen molar-refractivity contribution < 1.29 is 22.7 Å². The average molecular weight is 524 g/mol. The van der Waals surface area contributed by atoms with E-state index in [1.54, 1.807) is 43.3 Å². The molecule has 0 aromatic heterocycles. The van der Waals surface area contributed by atoms with Crippen LogP contribution in [0.5, 0.6) is 5.75 Å². The largest absolute Gasteiger partial charge is 0.495 e. The first-order valence-corrected chi connectivity index (χ1v) is 13.7. The first kappa shape index (κ1) is 28.5. The van der Waals surface area contributed by atoms with Crippen LogP contribution in [0.15, 0.2) is 48.5 Å². The molecule has 0 aliphatic rings. The quantitative estimate of drug-likeness (QED) is 0.430. The van der Waals surface area contributed by atoms with E-state index >= 15 is 0 Å². The number of nitrogens with zero attached hydrogens (tertiary/aromatic N) is 2. The van der Waals surface area contributed by atoms with Gasteiger partial charge in [-0.1, -0.05) is 42.8 Å². The molecule has 0 spiro atoms. The third-order valence-corrected chi connectivity index (χ3v) is 6.92. The molecule has 0 fully saturated rings. The van der Waals surface area contributed by atoms with Gasteiger partial charge in [-0.3, -0.25) is 13.9 Å². The van der Waals surface area contributed by atoms with Crippen molar-refractivity contribution in [3.63, 3.8) is 0 Å². The molecule has 1 N–H and O–H groups in total. The van der Waals surface area contributed by atoms with Crippen LogP contribution in [0.1, 0.15) is 38.7 Å². The summed E-state index contributed by atoms with van der Waals surface area (Å²) >= 11 is 5.98. The van der Waals surface area contributed by atoms with Crippen LogP contribution in [0.2, 0.25) is 5.02 Å². The number of sulfonamides is 1. The molecule has 1 atom stereocenters. The van der Waals surface area contributed by atoms with E-state index < -0.39 is 16.1 Å². The van der Waals surface area contributed by atoms with Gasteiger partial charge in [-0.25, -0.2) is 8.42 Å². The van der Waals surface area contributed by atoms with Crippen molar-refractivity contribution in [3.8, 4) is 5.75 Å². The summed E-state index contributed by atoms with van der Waals surface area (Å²) in [5, 5.41) is 3.42. The van der Waals surface area contributed by atoms with Crippen LogP contribution in [0.3, 0.4) is 0 Å². The third kappa shape index (κ3) is 8.43. The van der Waals surface area contributed by atoms with Crippen LogP contribution >= 0.6 is 11.6 Å². The maximum atomic E-state index is 13.3. The molecule has 0 aliphatic carbocycles. The molecular formula is C25H34ClN3O5S. The Morgan fingerprint density at radius 3 is 2.37 bits per heavy atom. The fourth-order valence-electron chi connectivity index (χ4n) is 3.58. The van der Waals surface area contributed by atoms with Gasteiger partial charge in [-0.05, 0) is 49.6 Å². The van der Waals surface area contributed by atoms with Gasteiger partial charge in [0.2, 0.25) is 21.8 Å². The molecule has 2 aromatic rings. The number of amides is 2. The maximum absolute atomic E-state index is 13.3. The minimum Gasteiger partial charge on any atom is -0.495 e. The van der Waals surface area contributed by atoms with E-state index in [1.165, 1.54) is 16.3 Å². The van der Waals surface area contributed by atoms with Gasteiger partial charge in [0.25, 0.3) is 0 Å². The van der Waals surface area contributed by atoms with Crippen molar-refractivity contribution in [1.82, 2.24) is 10.2 Å². The summed E-state index contributed by atoms with van der Waals surface area (Å²) < 4.78 is 31.5. The van der Waals surface area contributed by atoms with Crippen LogP contribution in [-0.4, -0.2) is 57.6 Å². The second kappa shape index (κ2) is 13.3. The summed E-state index contributed by atoms with van der Waals surface area (Å²) in [6.45, 7) is 4.50. The SMILES string of the molecule is CCCNC(=O)C(C)N(Cc1ccc(Cl)cc1)C(=O)CCCN(c1ccccc1OC)S(C)(=O)=O. The van der Waals surface area contributed by atoms with E-state index in [1.807, 2.05) is 19.1 Å². The zero-order valence-corrected chi connectivity index (χ0v) is 22.2. The van der Waals surface area contributed by atoms with E-state index in [9.17, 15) is 18.0 Å². The zero-order valence-electron chi connectivity index (χ0n) is 20.7. The molecule has 2 aromatic carbocycles. The summed E-state index contributed by atoms with van der Waals surface area (Å²) in [4.78, 5) is 27.4. The van der Waals surface area contributed by atoms with Gasteiger partial charge in [0, 0.05) is 31.1 Å². The van der Waals surface area contributed by atoms with E-state index in [0.29, 0.717) is 23.0 Å². The van der Waals surface area contributed by atoms with Crippen LogP contribution in [0, 0.1) is 0 Å². The number of carbonyl (C=O) groups excluding carboxylic acids is 2. The van der Waals surface area contributed by atoms with Gasteiger partial charge in [-0.15, -0.1) is 0 Å². The Bertz CT molecular complexity index is 1090. The van der Waals surface area contributed by atoms with E-state index in [4.69, 9.17) is 16.3 Å². The lowest BCUT2D eigenvalue weighted by atomic mass is 10.1. The highest BCUT2D eigenvalue weighted by Crippen LogP contribution is 2.29. The van der Waals surface area contributed by atoms with Gasteiger partial charge in [0.15, 0.2) is 0 Å². The summed E-state index contributed by atoms with van der Waals surface area (Å²) in [6.07, 6.45) is 2.24. The molecule has 0 bridgehead atoms. The molecule has 2 amide bonds. The van der Waals surface area contributed by atoms with Crippen molar-refractivity contribution in [2.24, 2.45) is 0 Å². The predicted octanol–water partition coefficient (Wildman–Crippen LogP) is 3.84. The van der Waals surface area contributed by atoms with Gasteiger partial charge in [-0.2, -0.15) is 0 Å². The lowest BCUT2D eigenvalue weighted by Crippen LogP contribution is -2.47. The lowest BCUT2D eigenvalue weighted by molar-refractivity contribution is -0.140. The fourth-order valence-corrected chi connectivity index (χ4v) is 4.68. The molecule has 192 valence electrons. The Labute approximate surface area is 213 Å². The number of anilines is 1. The number of nitrogens with one attached hydrogen (secondary N) is 1. The molecule has 1 unspecified atom stereocenters. The van der Waals surface area contributed by atoms with Crippen molar-refractivity contribution >= 4 is 39.1 Å². The van der Waals surface area contributed by atoms with Gasteiger partial charge >= 0.3 is 0 Å². The van der Waals surface area contributed by atoms with E-state index in [-0.39, 0.29) is 37.7 Å². The number of carbonyl (C=O) groups is 2. The number of ether oxygens (including phenoxy) is 1. The number of halogens is 1. The zero-order chi connectivity index (χ0) is 26.0. The molecule has 0 aliphatic heterocycles. The van der Waals surface area contributed by atoms with Crippen LogP contribution in [0.4, 0.5) is 5.69 Å². The monoisotopic (exact) mass is 523 g/mol. The van der Waals surface area contributed by atoms with Gasteiger partial charge in [0.1, 0.15) is 11.8 Å². The second-order valence-corrected chi connectivity index (χ2v) is 10.6. The van der Waals surface area contributed by atoms with Gasteiger partial charge in [0.05, 0.1) is 19.1 Å². The standard InChI is InChI=1S/C25H34ClN3O5S/c1-5-16-27-25(31)19(2)28(18-20-12-14-21(26)15-13-20)24(30)11-8-17-29(35(4,32)33)22-9-6-7-10-23(22)34-3/h6-7,9-10,12-15,19H,5,8,11,16-18H2,1-4H3,(H,27,31). The second-order valence-electron chi connectivity index (χ2n) is 8.23. The molecule has 2 rings (SSSR count). The highest BCUT2D eigenvalue weighted by molar-refractivity contribution is 7.92. The number of hydrogen-bond acceptors (Lipinski definition) is 5. The Balaban J connectivity index is 2.17. The Kier molecular flexibility index (Phi) is 10.9. The Hall–Kier alpha value is -2.78. The summed E-state index contributed by atoms with van der Waals surface area (Å²) in [5.74, 6) is -0.0524. The van der Waals surface area contributed by atoms with E-state index in [2.05, 4.69) is 5.32 Å². The first-order chi connectivity index (χ1) is 16.6. The average Bonchev–Trinajstić information content (AvgIpc) is 2.83. The summed E-state index contributed by atoms with van der Waals surface area (Å²) in [5.41, 5.74) is 1.25. The predicted molar refractivity (Wildman–Crippen MR) is 139 cm³/mol. The highest BCUT2D eigenvalue weighted by Gasteiger charge is 2.27. The van der Waals surface area contributed by atoms with Crippen LogP contribution < -0.4 is 14.4 Å². The molecule has 8 nitrogen and oxygen atoms in total. The summed E-state index contributed by atoms with van der Waals surface area (Å²) in [6, 6.07) is 13.2. The molecule has 0 heterocycles. The fraction of sp³-hybridized carbons (Fsp3) is 0.440. The van der Waals surface area contributed by atoms with Crippen molar-refractivity contribution in [2.45, 2.75) is 45.7 Å². The molecule has 0 saturated heterocycles. The number of rotatable bonds is 13. The van der Waals surface area contributed by atoms with Crippen molar-refractivity contribution in [3.05, 3.63) is 59.1 Å². The number of hydrogen-bond donors (Lipinski definition) is 1. The molecular weight excluding hydrogens is 490 g/mol. The number of methoxy groups -OCH3 is 1. The highest BCUT2D eigenvalue weighted by atomic mass is 35.5. The topological polar surface area (TPSA) is 96.0 Å². The van der Waals surface area contributed by atoms with Gasteiger partial charge < -0.3 is 15.0 Å². The lowest BCUT2D eigenvalue weighted by Gasteiger charge is -2.29. The first-order valence-electron chi connectivity index (χ1n) is 11.5. The summed E-state index contributed by atoms with van der Waals surface area (Å²) in [7, 11) is -2.13. The normalized spacial score (nSPS) is 12.0. The van der Waals surface area contributed by atoms with Crippen LogP contribution in [-0.2, 0) is 26.2 Å². The van der Waals surface area contributed by atoms with E-state index in [0.717, 1.165) is 18.2 Å². The van der Waals surface area contributed by atoms with Crippen molar-refractivity contribution in [2.75, 3.05) is 30.8 Å². The minimum atomic E-state index is -3.61. The third-order valence-electron chi connectivity index (χ3n) is 5.49. The molecule has 0 radical (unpaired) electrons. The smallest absolute Gasteiger partial charge is 0.242 e. The molecule has 10 heteroatoms. The van der Waals surface area contributed by atoms with Crippen molar-refractivity contribution in [1.29, 1.82) is 0 Å². The maximum Gasteiger partial charge on any atom is 0.242 e. The van der Waals surface area contributed by atoms with Crippen LogP contribution in [0.25, 0.3) is 0 Å². The molecule has 0 saturated carbocycles. The minimum absolute atomic E-state index is 0.0696. The Morgan fingerprint density at radius 1 is 1.11 bits per heavy atom.